The maximum absolute atomic E-state index is 11.3. The van der Waals surface area contributed by atoms with Crippen LogP contribution in [0.4, 0.5) is 0 Å². The third kappa shape index (κ3) is 4.01. The van der Waals surface area contributed by atoms with Gasteiger partial charge in [0, 0.05) is 17.0 Å². The number of hydrogen-bond acceptors (Lipinski definition) is 4. The molecule has 0 atom stereocenters. The molecular weight excluding hydrogens is 284 g/mol. The van der Waals surface area contributed by atoms with E-state index in [4.69, 9.17) is 16.3 Å². The number of nitrogens with one attached hydrogen (secondary N) is 1. The molecule has 1 heterocycles. The Bertz CT molecular complexity index is 598. The van der Waals surface area contributed by atoms with Crippen molar-refractivity contribution in [1.29, 1.82) is 0 Å². The second-order valence-corrected chi connectivity index (χ2v) is 5.35. The number of methoxy groups -OCH3 is 1. The molecule has 0 aliphatic carbocycles. The highest BCUT2D eigenvalue weighted by atomic mass is 35.5. The van der Waals surface area contributed by atoms with Gasteiger partial charge in [-0.05, 0) is 24.1 Å². The third-order valence-corrected chi connectivity index (χ3v) is 3.65. The van der Waals surface area contributed by atoms with Crippen molar-refractivity contribution < 1.29 is 4.74 Å². The summed E-state index contributed by atoms with van der Waals surface area (Å²) in [7, 11) is 1.43. The predicted molar refractivity (Wildman–Crippen MR) is 77.3 cm³/mol. The first-order valence-electron chi connectivity index (χ1n) is 5.70. The number of nitrogens with zero attached hydrogens (tertiary/aromatic N) is 1. The molecule has 6 heteroatoms. The van der Waals surface area contributed by atoms with Crippen LogP contribution in [0.15, 0.2) is 40.3 Å². The molecule has 0 aliphatic heterocycles. The van der Waals surface area contributed by atoms with Gasteiger partial charge in [-0.15, -0.1) is 11.8 Å². The largest absolute Gasteiger partial charge is 0.477 e. The number of thioether (sulfide) groups is 1. The SMILES string of the molecule is COc1nc(SCCc2ccc(Cl)cc2)c[nH]c1=O. The van der Waals surface area contributed by atoms with Gasteiger partial charge in [0.1, 0.15) is 5.03 Å². The Balaban J connectivity index is 1.92. The Kier molecular flexibility index (Phi) is 4.87. The summed E-state index contributed by atoms with van der Waals surface area (Å²) in [5, 5.41) is 1.48. The van der Waals surface area contributed by atoms with Crippen molar-refractivity contribution in [3.63, 3.8) is 0 Å². The summed E-state index contributed by atoms with van der Waals surface area (Å²) in [5.74, 6) is 0.959. The van der Waals surface area contributed by atoms with Gasteiger partial charge in [-0.3, -0.25) is 4.79 Å². The number of rotatable bonds is 5. The van der Waals surface area contributed by atoms with E-state index in [1.807, 2.05) is 24.3 Å². The number of aryl methyl sites for hydroxylation is 1. The first-order chi connectivity index (χ1) is 9.19. The summed E-state index contributed by atoms with van der Waals surface area (Å²) in [6.07, 6.45) is 2.50. The summed E-state index contributed by atoms with van der Waals surface area (Å²) in [4.78, 5) is 18.0. The van der Waals surface area contributed by atoms with Crippen molar-refractivity contribution in [2.24, 2.45) is 0 Å². The molecular formula is C13H13ClN2O2S. The molecule has 0 saturated heterocycles. The fourth-order valence-electron chi connectivity index (χ4n) is 1.51. The van der Waals surface area contributed by atoms with Crippen LogP contribution in [0.2, 0.25) is 5.02 Å². The molecule has 2 rings (SSSR count). The van der Waals surface area contributed by atoms with E-state index < -0.39 is 0 Å². The zero-order chi connectivity index (χ0) is 13.7. The van der Waals surface area contributed by atoms with E-state index in [0.717, 1.165) is 22.2 Å². The number of H-pyrrole nitrogens is 1. The molecule has 0 radical (unpaired) electrons. The monoisotopic (exact) mass is 296 g/mol. The second kappa shape index (κ2) is 6.63. The first-order valence-corrected chi connectivity index (χ1v) is 7.06. The minimum atomic E-state index is -0.315. The average molecular weight is 297 g/mol. The summed E-state index contributed by atoms with van der Waals surface area (Å²) in [5.41, 5.74) is 0.901. The third-order valence-electron chi connectivity index (χ3n) is 2.48. The summed E-state index contributed by atoms with van der Waals surface area (Å²) in [6.45, 7) is 0. The van der Waals surface area contributed by atoms with Gasteiger partial charge in [-0.2, -0.15) is 0 Å². The normalized spacial score (nSPS) is 10.4. The van der Waals surface area contributed by atoms with Crippen molar-refractivity contribution >= 4 is 23.4 Å². The van der Waals surface area contributed by atoms with Crippen molar-refractivity contribution in [3.8, 4) is 5.88 Å². The summed E-state index contributed by atoms with van der Waals surface area (Å²) in [6, 6.07) is 7.76. The van der Waals surface area contributed by atoms with Crippen molar-refractivity contribution in [3.05, 3.63) is 51.4 Å². The zero-order valence-electron chi connectivity index (χ0n) is 10.4. The lowest BCUT2D eigenvalue weighted by Crippen LogP contribution is -2.11. The zero-order valence-corrected chi connectivity index (χ0v) is 11.9. The molecule has 0 fully saturated rings. The second-order valence-electron chi connectivity index (χ2n) is 3.80. The molecule has 100 valence electrons. The summed E-state index contributed by atoms with van der Waals surface area (Å²) < 4.78 is 4.88. The fourth-order valence-corrected chi connectivity index (χ4v) is 2.47. The highest BCUT2D eigenvalue weighted by molar-refractivity contribution is 7.99. The minimum Gasteiger partial charge on any atom is -0.477 e. The number of aromatic nitrogens is 2. The topological polar surface area (TPSA) is 55.0 Å². The van der Waals surface area contributed by atoms with Crippen LogP contribution < -0.4 is 10.3 Å². The standard InChI is InChI=1S/C13H13ClN2O2S/c1-18-13-12(17)15-8-11(16-13)19-7-6-9-2-4-10(14)5-3-9/h2-5,8H,6-7H2,1H3,(H,15,17). The Labute approximate surface area is 120 Å². The van der Waals surface area contributed by atoms with Gasteiger partial charge in [0.05, 0.1) is 7.11 Å². The van der Waals surface area contributed by atoms with Crippen LogP contribution >= 0.6 is 23.4 Å². The molecule has 0 spiro atoms. The predicted octanol–water partition coefficient (Wildman–Crippen LogP) is 2.77. The quantitative estimate of drug-likeness (QED) is 0.862. The molecule has 0 aliphatic rings. The van der Waals surface area contributed by atoms with Gasteiger partial charge in [0.25, 0.3) is 5.88 Å². The lowest BCUT2D eigenvalue weighted by atomic mass is 10.2. The number of halogens is 1. The number of ether oxygens (including phenoxy) is 1. The molecule has 0 unspecified atom stereocenters. The molecule has 0 saturated carbocycles. The van der Waals surface area contributed by atoms with E-state index in [1.54, 1.807) is 18.0 Å². The molecule has 4 nitrogen and oxygen atoms in total. The van der Waals surface area contributed by atoms with Crippen LogP contribution in [-0.2, 0) is 6.42 Å². The van der Waals surface area contributed by atoms with Crippen LogP contribution in [0.3, 0.4) is 0 Å². The van der Waals surface area contributed by atoms with E-state index in [9.17, 15) is 4.79 Å². The molecule has 1 aromatic carbocycles. The molecule has 1 aromatic heterocycles. The molecule has 1 N–H and O–H groups in total. The Morgan fingerprint density at radius 3 is 2.79 bits per heavy atom. The van der Waals surface area contributed by atoms with Gasteiger partial charge in [0.2, 0.25) is 0 Å². The van der Waals surface area contributed by atoms with Crippen molar-refractivity contribution in [1.82, 2.24) is 9.97 Å². The van der Waals surface area contributed by atoms with E-state index in [0.29, 0.717) is 0 Å². The van der Waals surface area contributed by atoms with Gasteiger partial charge >= 0.3 is 5.56 Å². The Morgan fingerprint density at radius 2 is 2.11 bits per heavy atom. The molecule has 0 amide bonds. The van der Waals surface area contributed by atoms with Crippen LogP contribution in [0.1, 0.15) is 5.56 Å². The fraction of sp³-hybridized carbons (Fsp3) is 0.231. The van der Waals surface area contributed by atoms with E-state index in [-0.39, 0.29) is 11.4 Å². The van der Waals surface area contributed by atoms with Gasteiger partial charge in [0.15, 0.2) is 0 Å². The van der Waals surface area contributed by atoms with E-state index >= 15 is 0 Å². The number of benzene rings is 1. The first kappa shape index (κ1) is 14.0. The maximum Gasteiger partial charge on any atom is 0.310 e. The summed E-state index contributed by atoms with van der Waals surface area (Å²) >= 11 is 7.39. The highest BCUT2D eigenvalue weighted by Crippen LogP contribution is 2.17. The smallest absolute Gasteiger partial charge is 0.310 e. The Hall–Kier alpha value is -1.46. The average Bonchev–Trinajstić information content (AvgIpc) is 2.43. The number of hydrogen-bond donors (Lipinski definition) is 1. The minimum absolute atomic E-state index is 0.0940. The van der Waals surface area contributed by atoms with Crippen LogP contribution in [0, 0.1) is 0 Å². The van der Waals surface area contributed by atoms with Gasteiger partial charge in [-0.25, -0.2) is 4.98 Å². The maximum atomic E-state index is 11.3. The van der Waals surface area contributed by atoms with Crippen LogP contribution in [-0.4, -0.2) is 22.8 Å². The highest BCUT2D eigenvalue weighted by Gasteiger charge is 2.04. The van der Waals surface area contributed by atoms with E-state index in [1.165, 1.54) is 12.7 Å². The van der Waals surface area contributed by atoms with Crippen molar-refractivity contribution in [2.45, 2.75) is 11.4 Å². The molecule has 2 aromatic rings. The molecule has 0 bridgehead atoms. The van der Waals surface area contributed by atoms with Gasteiger partial charge < -0.3 is 9.72 Å². The lowest BCUT2D eigenvalue weighted by Gasteiger charge is -2.03. The van der Waals surface area contributed by atoms with E-state index in [2.05, 4.69) is 9.97 Å². The number of aromatic amines is 1. The van der Waals surface area contributed by atoms with Crippen molar-refractivity contribution in [2.75, 3.05) is 12.9 Å². The van der Waals surface area contributed by atoms with Crippen LogP contribution in [0.5, 0.6) is 5.88 Å². The van der Waals surface area contributed by atoms with Gasteiger partial charge in [-0.1, -0.05) is 23.7 Å². The molecule has 19 heavy (non-hydrogen) atoms. The lowest BCUT2D eigenvalue weighted by molar-refractivity contribution is 0.387. The van der Waals surface area contributed by atoms with Crippen LogP contribution in [0.25, 0.3) is 0 Å². The Morgan fingerprint density at radius 1 is 1.37 bits per heavy atom.